The zero-order valence-corrected chi connectivity index (χ0v) is 53.7. The molecular weight excluding hydrogens is 1010 g/mol. The molecule has 0 aliphatic rings. The minimum atomic E-state index is -0.807. The molecule has 0 saturated carbocycles. The monoisotopic (exact) mass is 1140 g/mol. The van der Waals surface area contributed by atoms with Crippen molar-refractivity contribution in [1.29, 1.82) is 0 Å². The second-order valence-corrected chi connectivity index (χ2v) is 22.7. The Labute approximate surface area is 507 Å². The summed E-state index contributed by atoms with van der Waals surface area (Å²) >= 11 is 0. The molecule has 0 bridgehead atoms. The lowest BCUT2D eigenvalue weighted by molar-refractivity contribution is -0.167. The van der Waals surface area contributed by atoms with Crippen molar-refractivity contribution in [2.45, 2.75) is 329 Å². The van der Waals surface area contributed by atoms with Crippen LogP contribution >= 0.6 is 0 Å². The van der Waals surface area contributed by atoms with Crippen LogP contribution in [-0.2, 0) is 28.6 Å². The van der Waals surface area contributed by atoms with E-state index in [0.717, 1.165) is 148 Å². The van der Waals surface area contributed by atoms with Gasteiger partial charge in [0, 0.05) is 19.3 Å². The lowest BCUT2D eigenvalue weighted by atomic mass is 10.0. The highest BCUT2D eigenvalue weighted by Gasteiger charge is 2.19. The molecule has 0 aromatic carbocycles. The molecule has 0 spiro atoms. The summed E-state index contributed by atoms with van der Waals surface area (Å²) in [5, 5.41) is 0. The van der Waals surface area contributed by atoms with Crippen LogP contribution in [0.15, 0.2) is 122 Å². The molecule has 468 valence electrons. The third kappa shape index (κ3) is 66.6. The summed E-state index contributed by atoms with van der Waals surface area (Å²) < 4.78 is 16.9. The van der Waals surface area contributed by atoms with Gasteiger partial charge in [-0.25, -0.2) is 0 Å². The molecule has 6 heteroatoms. The van der Waals surface area contributed by atoms with Gasteiger partial charge in [0.1, 0.15) is 13.2 Å². The van der Waals surface area contributed by atoms with Crippen LogP contribution in [0.2, 0.25) is 0 Å². The average molecular weight is 1140 g/mol. The molecule has 1 atom stereocenters. The topological polar surface area (TPSA) is 78.9 Å². The molecule has 82 heavy (non-hydrogen) atoms. The van der Waals surface area contributed by atoms with Crippen molar-refractivity contribution in [1.82, 2.24) is 0 Å². The first-order chi connectivity index (χ1) is 40.5. The van der Waals surface area contributed by atoms with E-state index in [1.54, 1.807) is 0 Å². The molecule has 6 nitrogen and oxygen atoms in total. The van der Waals surface area contributed by atoms with Crippen molar-refractivity contribution in [2.75, 3.05) is 13.2 Å². The number of carbonyl (C=O) groups excluding carboxylic acids is 3. The summed E-state index contributed by atoms with van der Waals surface area (Å²) in [6.07, 6.45) is 96.5. The van der Waals surface area contributed by atoms with Crippen LogP contribution in [0.1, 0.15) is 323 Å². The van der Waals surface area contributed by atoms with E-state index in [1.807, 2.05) is 0 Å². The fourth-order valence-corrected chi connectivity index (χ4v) is 9.62. The van der Waals surface area contributed by atoms with E-state index < -0.39 is 6.10 Å². The Hall–Kier alpha value is -4.19. The maximum Gasteiger partial charge on any atom is 0.306 e. The molecule has 0 amide bonds. The number of allylic oxidation sites excluding steroid dienone is 20. The second kappa shape index (κ2) is 69.3. The summed E-state index contributed by atoms with van der Waals surface area (Å²) in [6.45, 7) is 6.41. The lowest BCUT2D eigenvalue weighted by Gasteiger charge is -2.18. The highest BCUT2D eigenvalue weighted by atomic mass is 16.6. The van der Waals surface area contributed by atoms with Gasteiger partial charge in [0.15, 0.2) is 6.10 Å². The fraction of sp³-hybridized carbons (Fsp3) is 0.697. The maximum atomic E-state index is 13.0. The fourth-order valence-electron chi connectivity index (χ4n) is 9.62. The highest BCUT2D eigenvalue weighted by molar-refractivity contribution is 5.71. The number of unbranched alkanes of at least 4 members (excludes halogenated alkanes) is 31. The first kappa shape index (κ1) is 77.8. The van der Waals surface area contributed by atoms with Gasteiger partial charge in [-0.05, 0) is 109 Å². The summed E-state index contributed by atoms with van der Waals surface area (Å²) in [5.74, 6) is -0.936. The highest BCUT2D eigenvalue weighted by Crippen LogP contribution is 2.17. The molecule has 0 aromatic rings. The SMILES string of the molecule is CC/C=C\C/C=C\C/C=C\C/C=C\C/C=C\C/C=C\CCCCCCC(=O)OC(COC(=O)CCCCCC/C=C\C/C=C\C/C=C\C/C=C\CC)COC(=O)CCCCCCCCCCCCCCCCCCCCCCCCCC. The number of hydrogen-bond acceptors (Lipinski definition) is 6. The average Bonchev–Trinajstić information content (AvgIpc) is 3.47. The van der Waals surface area contributed by atoms with Crippen LogP contribution in [0.5, 0.6) is 0 Å². The number of hydrogen-bond donors (Lipinski definition) is 0. The summed E-state index contributed by atoms with van der Waals surface area (Å²) in [6, 6.07) is 0. The summed E-state index contributed by atoms with van der Waals surface area (Å²) in [5.41, 5.74) is 0. The van der Waals surface area contributed by atoms with Crippen molar-refractivity contribution >= 4 is 17.9 Å². The largest absolute Gasteiger partial charge is 0.462 e. The van der Waals surface area contributed by atoms with Gasteiger partial charge in [-0.2, -0.15) is 0 Å². The van der Waals surface area contributed by atoms with Gasteiger partial charge in [-0.3, -0.25) is 14.4 Å². The molecular formula is C76H128O6. The number of carbonyl (C=O) groups is 3. The first-order valence-corrected chi connectivity index (χ1v) is 34.5. The number of ether oxygens (including phenoxy) is 3. The van der Waals surface area contributed by atoms with Gasteiger partial charge in [0.25, 0.3) is 0 Å². The molecule has 0 saturated heterocycles. The molecule has 0 N–H and O–H groups in total. The lowest BCUT2D eigenvalue weighted by Crippen LogP contribution is -2.30. The Morgan fingerprint density at radius 2 is 0.476 bits per heavy atom. The van der Waals surface area contributed by atoms with Gasteiger partial charge < -0.3 is 14.2 Å². The van der Waals surface area contributed by atoms with Gasteiger partial charge in [-0.15, -0.1) is 0 Å². The third-order valence-corrected chi connectivity index (χ3v) is 14.7. The van der Waals surface area contributed by atoms with Crippen molar-refractivity contribution in [3.8, 4) is 0 Å². The van der Waals surface area contributed by atoms with Crippen LogP contribution in [0.4, 0.5) is 0 Å². The van der Waals surface area contributed by atoms with Crippen LogP contribution in [-0.4, -0.2) is 37.2 Å². The molecule has 0 aliphatic carbocycles. The van der Waals surface area contributed by atoms with Gasteiger partial charge in [0.05, 0.1) is 0 Å². The van der Waals surface area contributed by atoms with E-state index in [0.29, 0.717) is 19.3 Å². The van der Waals surface area contributed by atoms with Crippen molar-refractivity contribution in [3.05, 3.63) is 122 Å². The molecule has 0 aliphatic heterocycles. The standard InChI is InChI=1S/C76H128O6/c1-4-7-10-13-16-19-22-25-28-31-33-35-37-39-40-42-45-48-51-54-57-60-63-66-69-75(78)81-72-73(71-80-74(77)68-65-62-59-56-53-50-47-44-30-27-24-21-18-15-12-9-6-3)82-76(79)70-67-64-61-58-55-52-49-46-43-41-38-36-34-32-29-26-23-20-17-14-11-8-5-2/h8-9,11-12,17-18,20-21,26-27,29-30,34,36,41,43,47,49-50,52,73H,4-7,10,13-16,19,22-25,28,31-33,35,37-40,42,44-46,48,51,53-72H2,1-3H3/b11-8-,12-9-,20-17-,21-18-,29-26-,30-27-,36-34-,43-41-,50-47-,52-49-. The second-order valence-electron chi connectivity index (χ2n) is 22.7. The normalized spacial score (nSPS) is 12.9. The van der Waals surface area contributed by atoms with Crippen LogP contribution in [0.3, 0.4) is 0 Å². The predicted molar refractivity (Wildman–Crippen MR) is 357 cm³/mol. The van der Waals surface area contributed by atoms with E-state index in [-0.39, 0.29) is 31.1 Å². The van der Waals surface area contributed by atoms with Crippen molar-refractivity contribution in [2.24, 2.45) is 0 Å². The minimum Gasteiger partial charge on any atom is -0.462 e. The molecule has 0 rings (SSSR count). The van der Waals surface area contributed by atoms with Gasteiger partial charge in [0.2, 0.25) is 0 Å². The summed E-state index contributed by atoms with van der Waals surface area (Å²) in [7, 11) is 0. The van der Waals surface area contributed by atoms with E-state index in [4.69, 9.17) is 14.2 Å². The Bertz CT molecular complexity index is 1690. The van der Waals surface area contributed by atoms with E-state index in [1.165, 1.54) is 135 Å². The van der Waals surface area contributed by atoms with Gasteiger partial charge in [-0.1, -0.05) is 316 Å². The van der Waals surface area contributed by atoms with Crippen LogP contribution in [0, 0.1) is 0 Å². The Morgan fingerprint density at radius 3 is 0.744 bits per heavy atom. The third-order valence-electron chi connectivity index (χ3n) is 14.7. The molecule has 0 heterocycles. The van der Waals surface area contributed by atoms with Crippen molar-refractivity contribution in [3.63, 3.8) is 0 Å². The predicted octanol–water partition coefficient (Wildman–Crippen LogP) is 23.9. The maximum absolute atomic E-state index is 13.0. The minimum absolute atomic E-state index is 0.0967. The summed E-state index contributed by atoms with van der Waals surface area (Å²) in [4.78, 5) is 38.4. The smallest absolute Gasteiger partial charge is 0.306 e. The van der Waals surface area contributed by atoms with Crippen LogP contribution in [0.25, 0.3) is 0 Å². The molecule has 1 unspecified atom stereocenters. The zero-order valence-electron chi connectivity index (χ0n) is 53.7. The van der Waals surface area contributed by atoms with Crippen LogP contribution < -0.4 is 0 Å². The quantitative estimate of drug-likeness (QED) is 0.0261. The number of rotatable bonds is 62. The van der Waals surface area contributed by atoms with Gasteiger partial charge >= 0.3 is 17.9 Å². The number of esters is 3. The Balaban J connectivity index is 4.43. The van der Waals surface area contributed by atoms with E-state index in [2.05, 4.69) is 142 Å². The Kier molecular flexibility index (Phi) is 65.8. The molecule has 0 fully saturated rings. The van der Waals surface area contributed by atoms with E-state index in [9.17, 15) is 14.4 Å². The first-order valence-electron chi connectivity index (χ1n) is 34.5. The Morgan fingerprint density at radius 1 is 0.256 bits per heavy atom. The van der Waals surface area contributed by atoms with E-state index >= 15 is 0 Å². The molecule has 0 radical (unpaired) electrons. The van der Waals surface area contributed by atoms with Crippen molar-refractivity contribution < 1.29 is 28.6 Å². The zero-order chi connectivity index (χ0) is 59.2. The molecule has 0 aromatic heterocycles.